The van der Waals surface area contributed by atoms with Crippen LogP contribution in [0.25, 0.3) is 0 Å². The fourth-order valence-corrected chi connectivity index (χ4v) is 3.27. The summed E-state index contributed by atoms with van der Waals surface area (Å²) < 4.78 is 42.7. The third-order valence-electron chi connectivity index (χ3n) is 3.49. The fourth-order valence-electron chi connectivity index (χ4n) is 2.55. The number of carboxylic acid groups (broad SMARTS) is 1. The minimum Gasteiger partial charge on any atom is -0.496 e. The van der Waals surface area contributed by atoms with E-state index in [2.05, 4.69) is 0 Å². The van der Waals surface area contributed by atoms with E-state index < -0.39 is 17.5 Å². The number of ether oxygens (including phenoxy) is 1. The minimum absolute atomic E-state index is 0.0152. The maximum atomic E-state index is 12.6. The first kappa shape index (κ1) is 17.0. The number of alkyl halides is 3. The van der Waals surface area contributed by atoms with Crippen molar-refractivity contribution >= 4 is 17.7 Å². The first-order valence-corrected chi connectivity index (χ1v) is 7.51. The molecule has 1 aromatic carbocycles. The number of hydrogen-bond acceptors (Lipinski definition) is 4. The van der Waals surface area contributed by atoms with E-state index >= 15 is 0 Å². The number of hydrogen-bond donors (Lipinski definition) is 1. The number of methoxy groups -OCH3 is 1. The van der Waals surface area contributed by atoms with Gasteiger partial charge in [-0.2, -0.15) is 13.2 Å². The highest BCUT2D eigenvalue weighted by Crippen LogP contribution is 2.42. The van der Waals surface area contributed by atoms with E-state index in [9.17, 15) is 18.0 Å². The van der Waals surface area contributed by atoms with Crippen LogP contribution in [-0.2, 0) is 11.3 Å². The molecule has 1 aliphatic rings. The van der Waals surface area contributed by atoms with Gasteiger partial charge < -0.3 is 9.84 Å². The van der Waals surface area contributed by atoms with Crippen molar-refractivity contribution < 1.29 is 27.8 Å². The van der Waals surface area contributed by atoms with Gasteiger partial charge in [-0.3, -0.25) is 9.69 Å². The highest BCUT2D eigenvalue weighted by atomic mass is 32.2. The average Bonchev–Trinajstić information content (AvgIpc) is 2.85. The summed E-state index contributed by atoms with van der Waals surface area (Å²) in [4.78, 5) is 12.9. The van der Waals surface area contributed by atoms with Crippen LogP contribution in [0.5, 0.6) is 5.75 Å². The Labute approximate surface area is 130 Å². The Morgan fingerprint density at radius 2 is 2.23 bits per heavy atom. The zero-order valence-electron chi connectivity index (χ0n) is 11.9. The molecule has 1 saturated heterocycles. The van der Waals surface area contributed by atoms with Crippen LogP contribution in [0.1, 0.15) is 18.4 Å². The quantitative estimate of drug-likeness (QED) is 0.836. The molecule has 0 radical (unpaired) electrons. The number of halogens is 3. The molecular weight excluding hydrogens is 319 g/mol. The second-order valence-electron chi connectivity index (χ2n) is 5.00. The van der Waals surface area contributed by atoms with Gasteiger partial charge in [-0.05, 0) is 48.8 Å². The lowest BCUT2D eigenvalue weighted by Gasteiger charge is -2.21. The summed E-state index contributed by atoms with van der Waals surface area (Å²) in [6.45, 7) is 0.942. The number of likely N-dealkylation sites (tertiary alicyclic amines) is 1. The van der Waals surface area contributed by atoms with Gasteiger partial charge in [0.1, 0.15) is 11.8 Å². The molecule has 1 atom stereocenters. The van der Waals surface area contributed by atoms with Crippen LogP contribution in [0.2, 0.25) is 0 Å². The highest BCUT2D eigenvalue weighted by Gasteiger charge is 2.32. The maximum Gasteiger partial charge on any atom is 0.446 e. The van der Waals surface area contributed by atoms with Gasteiger partial charge in [0.05, 0.1) is 12.0 Å². The Morgan fingerprint density at radius 1 is 1.50 bits per heavy atom. The van der Waals surface area contributed by atoms with Crippen molar-refractivity contribution in [3.05, 3.63) is 23.8 Å². The van der Waals surface area contributed by atoms with Crippen molar-refractivity contribution in [1.82, 2.24) is 4.90 Å². The van der Waals surface area contributed by atoms with E-state index in [1.165, 1.54) is 19.2 Å². The van der Waals surface area contributed by atoms with E-state index in [0.717, 1.165) is 6.42 Å². The van der Waals surface area contributed by atoms with Crippen LogP contribution in [0, 0.1) is 0 Å². The van der Waals surface area contributed by atoms with E-state index in [0.29, 0.717) is 25.1 Å². The van der Waals surface area contributed by atoms with Crippen molar-refractivity contribution in [2.24, 2.45) is 0 Å². The maximum absolute atomic E-state index is 12.6. The Kier molecular flexibility index (Phi) is 5.23. The normalized spacial score (nSPS) is 19.4. The topological polar surface area (TPSA) is 49.8 Å². The monoisotopic (exact) mass is 335 g/mol. The number of rotatable bonds is 5. The van der Waals surface area contributed by atoms with Crippen LogP contribution < -0.4 is 4.74 Å². The molecule has 0 spiro atoms. The second kappa shape index (κ2) is 6.78. The van der Waals surface area contributed by atoms with Crippen molar-refractivity contribution in [3.63, 3.8) is 0 Å². The van der Waals surface area contributed by atoms with Crippen LogP contribution >= 0.6 is 11.8 Å². The lowest BCUT2D eigenvalue weighted by Crippen LogP contribution is -2.35. The molecule has 1 heterocycles. The van der Waals surface area contributed by atoms with Gasteiger partial charge in [0.2, 0.25) is 0 Å². The number of nitrogens with zero attached hydrogens (tertiary/aromatic N) is 1. The number of thioether (sulfide) groups is 1. The van der Waals surface area contributed by atoms with Crippen LogP contribution in [-0.4, -0.2) is 41.2 Å². The molecule has 1 fully saturated rings. The predicted octanol–water partition coefficient (Wildman–Crippen LogP) is 3.36. The molecule has 0 amide bonds. The molecule has 0 unspecified atom stereocenters. The standard InChI is InChI=1S/C14H16F3NO3S/c1-21-11-5-4-9(7-12(11)22-14(15,16)17)8-18-6-2-3-10(18)13(19)20/h4-5,7,10H,2-3,6,8H2,1H3,(H,19,20)/t10-/m0/s1. The largest absolute Gasteiger partial charge is 0.496 e. The SMILES string of the molecule is COc1ccc(CN2CCC[C@H]2C(=O)O)cc1SC(F)(F)F. The minimum atomic E-state index is -4.40. The highest BCUT2D eigenvalue weighted by molar-refractivity contribution is 8.00. The van der Waals surface area contributed by atoms with Crippen molar-refractivity contribution in [3.8, 4) is 5.75 Å². The number of carboxylic acids is 1. The molecular formula is C14H16F3NO3S. The number of carbonyl (C=O) groups is 1. The molecule has 2 rings (SSSR count). The van der Waals surface area contributed by atoms with Gasteiger partial charge in [-0.25, -0.2) is 0 Å². The summed E-state index contributed by atoms with van der Waals surface area (Å²) in [6, 6.07) is 3.99. The molecule has 1 N–H and O–H groups in total. The molecule has 4 nitrogen and oxygen atoms in total. The third kappa shape index (κ3) is 4.30. The predicted molar refractivity (Wildman–Crippen MR) is 76.0 cm³/mol. The zero-order chi connectivity index (χ0) is 16.3. The summed E-state index contributed by atoms with van der Waals surface area (Å²) in [7, 11) is 1.32. The molecule has 22 heavy (non-hydrogen) atoms. The van der Waals surface area contributed by atoms with Crippen molar-refractivity contribution in [1.29, 1.82) is 0 Å². The van der Waals surface area contributed by atoms with Gasteiger partial charge in [0.25, 0.3) is 0 Å². The second-order valence-corrected chi connectivity index (χ2v) is 6.11. The van der Waals surface area contributed by atoms with E-state index in [4.69, 9.17) is 9.84 Å². The molecule has 1 aromatic rings. The Morgan fingerprint density at radius 3 is 2.82 bits per heavy atom. The van der Waals surface area contributed by atoms with E-state index in [1.54, 1.807) is 11.0 Å². The summed E-state index contributed by atoms with van der Waals surface area (Å²) in [5, 5.41) is 9.14. The Balaban J connectivity index is 2.18. The molecule has 1 aliphatic heterocycles. The zero-order valence-corrected chi connectivity index (χ0v) is 12.7. The van der Waals surface area contributed by atoms with E-state index in [1.807, 2.05) is 0 Å². The van der Waals surface area contributed by atoms with Crippen molar-refractivity contribution in [2.75, 3.05) is 13.7 Å². The lowest BCUT2D eigenvalue weighted by atomic mass is 10.1. The number of aliphatic carboxylic acids is 1. The Hall–Kier alpha value is -1.41. The van der Waals surface area contributed by atoms with Crippen LogP contribution in [0.4, 0.5) is 13.2 Å². The molecule has 8 heteroatoms. The first-order valence-electron chi connectivity index (χ1n) is 6.69. The van der Waals surface area contributed by atoms with Gasteiger partial charge >= 0.3 is 11.5 Å². The summed E-state index contributed by atoms with van der Waals surface area (Å²) in [5.41, 5.74) is -3.76. The fraction of sp³-hybridized carbons (Fsp3) is 0.500. The molecule has 122 valence electrons. The molecule has 0 bridgehead atoms. The summed E-state index contributed by atoms with van der Waals surface area (Å²) in [6.07, 6.45) is 1.34. The Bertz CT molecular complexity index is 551. The molecule has 0 saturated carbocycles. The van der Waals surface area contributed by atoms with Crippen LogP contribution in [0.3, 0.4) is 0 Å². The first-order chi connectivity index (χ1) is 10.3. The number of benzene rings is 1. The molecule has 0 aliphatic carbocycles. The molecule has 0 aromatic heterocycles. The smallest absolute Gasteiger partial charge is 0.446 e. The van der Waals surface area contributed by atoms with Crippen LogP contribution in [0.15, 0.2) is 23.1 Å². The summed E-state index contributed by atoms with van der Waals surface area (Å²) >= 11 is -0.229. The van der Waals surface area contributed by atoms with Crippen molar-refractivity contribution in [2.45, 2.75) is 35.8 Å². The third-order valence-corrected chi connectivity index (χ3v) is 4.26. The van der Waals surface area contributed by atoms with Gasteiger partial charge in [0.15, 0.2) is 0 Å². The summed E-state index contributed by atoms with van der Waals surface area (Å²) in [5.74, 6) is -0.738. The lowest BCUT2D eigenvalue weighted by molar-refractivity contribution is -0.142. The van der Waals surface area contributed by atoms with Gasteiger partial charge in [-0.15, -0.1) is 0 Å². The van der Waals surface area contributed by atoms with Gasteiger partial charge in [0, 0.05) is 6.54 Å². The van der Waals surface area contributed by atoms with Gasteiger partial charge in [-0.1, -0.05) is 6.07 Å². The van der Waals surface area contributed by atoms with E-state index in [-0.39, 0.29) is 22.4 Å². The average molecular weight is 335 g/mol.